The zero-order chi connectivity index (χ0) is 89.2. The van der Waals surface area contributed by atoms with Gasteiger partial charge in [-0.05, 0) is 186 Å². The van der Waals surface area contributed by atoms with Crippen molar-refractivity contribution in [2.75, 3.05) is 33.3 Å². The minimum absolute atomic E-state index is 0.0803. The van der Waals surface area contributed by atoms with Crippen LogP contribution in [0.25, 0.3) is 55.3 Å². The van der Waals surface area contributed by atoms with E-state index >= 15 is 0 Å². The van der Waals surface area contributed by atoms with Gasteiger partial charge in [0.25, 0.3) is 11.8 Å². The number of aliphatic imine (C=N–C) groups is 1. The van der Waals surface area contributed by atoms with Crippen LogP contribution in [-0.2, 0) is 29.6 Å². The number of alkyl halides is 3. The number of aryl methyl sites for hydroxylation is 2. The van der Waals surface area contributed by atoms with E-state index in [-0.39, 0.29) is 62.1 Å². The lowest BCUT2D eigenvalue weighted by Gasteiger charge is -2.34. The first kappa shape index (κ1) is 92.6. The number of methoxy groups -OCH3 is 3. The summed E-state index contributed by atoms with van der Waals surface area (Å²) in [4.78, 5) is 80.9. The van der Waals surface area contributed by atoms with E-state index in [0.29, 0.717) is 116 Å². The maximum absolute atomic E-state index is 12.7. The lowest BCUT2D eigenvalue weighted by atomic mass is 9.67. The average Bonchev–Trinajstić information content (AvgIpc) is 1.77. The maximum Gasteiger partial charge on any atom is 0.387 e. The second kappa shape index (κ2) is 42.9. The number of carboxylic acid groups (broad SMARTS) is 1. The van der Waals surface area contributed by atoms with Crippen molar-refractivity contribution in [3.05, 3.63) is 251 Å². The summed E-state index contributed by atoms with van der Waals surface area (Å²) in [5, 5.41) is 38.4. The minimum Gasteiger partial charge on any atom is -0.497 e. The van der Waals surface area contributed by atoms with E-state index in [1.165, 1.54) is 75.9 Å². The standard InChI is InChI=1S/C21H15Cl2N3O.C20H25NO4.C17H14Cl2F2N2O3.C17H14Cl2N2O4.C17H16ClN3O/c1-27-14-7-8-15-16(9-14)21(13-5-3-2-4-6-13)26-25-20(15)10-17-18(22)11-24-12-19(17)23;1-24-17-7-6-15(12-18(17)25-16-4-2-3-5-16)20(13-21)10-8-14(9-11-20)19(22)23;18-11-6-22-7-12(19)15(11)23-16(24)10-3-4-13(26-17(20)21)14(5-10)25-8-9-1-2-9;1-8(22)14-5-10-9(3-4-13(24-2)16(10)25-14)17(23)21-15-11(18)6-20-7-12(15)19;1-3-13-8-9-14-15(11-6-5-7-12(18)10-11)20-17(22)21(4-2)16(14)19-13/h2-9,11-12H,10H2,1H3;6-7,12,14,16H,2-5,8-11H2,1H3,(H,22,23);3-7,9,17H,1-2,8H2,(H,22,23,24);3-7,11,15H,1-2H3,(H,21,23);5-10H,3-4H2,1-2H3. The zero-order valence-corrected chi connectivity index (χ0v) is 73.7. The Morgan fingerprint density at radius 1 is 0.680 bits per heavy atom. The van der Waals surface area contributed by atoms with Gasteiger partial charge in [-0.3, -0.25) is 38.7 Å². The molecule has 12 aromatic rings. The number of hydrogen-bond acceptors (Lipinski definition) is 20. The van der Waals surface area contributed by atoms with Crippen LogP contribution >= 0.6 is 81.2 Å². The molecule has 2 amide bonds. The van der Waals surface area contributed by atoms with Gasteiger partial charge in [-0.15, -0.1) is 16.7 Å². The molecule has 33 heteroatoms. The number of ether oxygens (including phenoxy) is 6. The number of amides is 2. The highest BCUT2D eigenvalue weighted by Crippen LogP contribution is 2.46. The lowest BCUT2D eigenvalue weighted by molar-refractivity contribution is -0.143. The molecule has 125 heavy (non-hydrogen) atoms. The van der Waals surface area contributed by atoms with E-state index in [4.69, 9.17) is 109 Å². The van der Waals surface area contributed by atoms with E-state index in [0.717, 1.165) is 93.3 Å². The van der Waals surface area contributed by atoms with E-state index in [2.05, 4.69) is 56.6 Å². The number of carbonyl (C=O) groups excluding carboxylic acids is 3. The third-order valence-corrected chi connectivity index (χ3v) is 23.4. The van der Waals surface area contributed by atoms with Crippen LogP contribution in [0, 0.1) is 23.2 Å². The Kier molecular flexibility index (Phi) is 31.8. The topological polar surface area (TPSA) is 317 Å². The first-order valence-electron chi connectivity index (χ1n) is 39.8. The van der Waals surface area contributed by atoms with Crippen molar-refractivity contribution in [3.63, 3.8) is 0 Å². The fourth-order valence-electron chi connectivity index (χ4n) is 14.3. The third kappa shape index (κ3) is 23.0. The van der Waals surface area contributed by atoms with Crippen LogP contribution in [0.3, 0.4) is 0 Å². The highest BCUT2D eigenvalue weighted by Gasteiger charge is 2.40. The maximum atomic E-state index is 12.7. The van der Waals surface area contributed by atoms with Crippen molar-refractivity contribution in [2.45, 2.75) is 134 Å². The molecule has 4 aliphatic rings. The SMILES string of the molecule is CCc1ccc2c(-c3cccc(Cl)c3)nc(=O)n(CC)c2n1.COc1ccc(C(=O)NC2C(Cl)=CN=CC2Cl)c2cc(C(C)=O)oc12.COc1ccc(C2(C#N)CCC(C(=O)O)CC2)cc1OC1CCCC1.COc1ccc2c(Cc3c(Cl)cncc3Cl)nnc(-c3ccccc3)c2c1.O=C(Nc1c(Cl)cncc1Cl)c1ccc(OC(F)F)c(OCC2CC2)c1. The molecule has 0 bridgehead atoms. The number of furan rings is 1. The second-order valence-corrected chi connectivity index (χ2v) is 32.4. The van der Waals surface area contributed by atoms with Crippen LogP contribution in [0.5, 0.6) is 34.5 Å². The van der Waals surface area contributed by atoms with Gasteiger partial charge in [-0.1, -0.05) is 125 Å². The molecule has 3 N–H and O–H groups in total. The van der Waals surface area contributed by atoms with Gasteiger partial charge < -0.3 is 48.6 Å². The first-order valence-corrected chi connectivity index (χ1v) is 42.5. The Hall–Kier alpha value is -11.5. The van der Waals surface area contributed by atoms with Crippen molar-refractivity contribution >= 4 is 149 Å². The molecule has 0 spiro atoms. The van der Waals surface area contributed by atoms with Crippen LogP contribution in [0.15, 0.2) is 190 Å². The van der Waals surface area contributed by atoms with Crippen LogP contribution in [0.1, 0.15) is 139 Å². The molecule has 3 aliphatic carbocycles. The molecule has 0 saturated heterocycles. The molecule has 6 aromatic carbocycles. The summed E-state index contributed by atoms with van der Waals surface area (Å²) in [6.45, 7) is 3.27. The number of benzene rings is 6. The van der Waals surface area contributed by atoms with Crippen molar-refractivity contribution in [3.8, 4) is 63.1 Å². The van der Waals surface area contributed by atoms with Gasteiger partial charge in [0.2, 0.25) is 0 Å². The number of carboxylic acids is 1. The Bertz CT molecular complexity index is 6080. The number of nitrogens with one attached hydrogen (secondary N) is 2. The number of rotatable bonds is 23. The first-order chi connectivity index (χ1) is 60.2. The number of ketones is 1. The Morgan fingerprint density at radius 3 is 1.99 bits per heavy atom. The van der Waals surface area contributed by atoms with Gasteiger partial charge in [0.05, 0.1) is 111 Å². The average molecular weight is 1840 g/mol. The quantitative estimate of drug-likeness (QED) is 0.0396. The molecule has 648 valence electrons. The Labute approximate surface area is 753 Å². The fourth-order valence-corrected chi connectivity index (χ4v) is 16.0. The summed E-state index contributed by atoms with van der Waals surface area (Å²) < 4.78 is 64.5. The number of carbonyl (C=O) groups is 4. The number of anilines is 1. The molecular weight excluding hydrogens is 1750 g/mol. The monoisotopic (exact) mass is 1830 g/mol. The summed E-state index contributed by atoms with van der Waals surface area (Å²) in [6.07, 6.45) is 19.0. The number of hydrogen-bond donors (Lipinski definition) is 3. The second-order valence-electron chi connectivity index (χ2n) is 29.4. The molecule has 3 fully saturated rings. The minimum atomic E-state index is -2.99. The van der Waals surface area contributed by atoms with Crippen molar-refractivity contribution < 1.29 is 65.9 Å². The van der Waals surface area contributed by atoms with Crippen molar-refractivity contribution in [1.82, 2.24) is 40.0 Å². The van der Waals surface area contributed by atoms with Crippen LogP contribution in [0.2, 0.25) is 25.1 Å². The zero-order valence-electron chi connectivity index (χ0n) is 68.4. The molecule has 16 rings (SSSR count). The smallest absolute Gasteiger partial charge is 0.387 e. The predicted molar refractivity (Wildman–Crippen MR) is 480 cm³/mol. The summed E-state index contributed by atoms with van der Waals surface area (Å²) in [5.41, 5.74) is 7.50. The number of aromatic nitrogens is 7. The number of pyridine rings is 3. The van der Waals surface area contributed by atoms with Crippen LogP contribution in [-0.4, -0.2) is 122 Å². The number of fused-ring (bicyclic) bond motifs is 3. The number of halogens is 9. The number of Topliss-reactive ketones (excluding diaryl/α,β-unsaturated/α-hetero) is 1. The van der Waals surface area contributed by atoms with E-state index in [1.807, 2.05) is 111 Å². The molecule has 24 nitrogen and oxygen atoms in total. The molecule has 3 saturated carbocycles. The molecule has 2 unspecified atom stereocenters. The summed E-state index contributed by atoms with van der Waals surface area (Å²) in [5.74, 6) is 0.795. The number of nitriles is 1. The Morgan fingerprint density at radius 2 is 1.36 bits per heavy atom. The summed E-state index contributed by atoms with van der Waals surface area (Å²) in [6, 6.07) is 43.4. The van der Waals surface area contributed by atoms with Gasteiger partial charge in [-0.25, -0.2) is 9.78 Å². The molecular formula is C92H84Cl7F2N11O13. The molecule has 1 aliphatic heterocycles. The summed E-state index contributed by atoms with van der Waals surface area (Å²) >= 11 is 42.8. The summed E-state index contributed by atoms with van der Waals surface area (Å²) in [7, 11) is 4.75. The van der Waals surface area contributed by atoms with Gasteiger partial charge >= 0.3 is 18.3 Å². The largest absolute Gasteiger partial charge is 0.497 e. The lowest BCUT2D eigenvalue weighted by Crippen LogP contribution is -2.43. The molecule has 2 atom stereocenters. The third-order valence-electron chi connectivity index (χ3n) is 21.3. The number of aliphatic carboxylic acids is 1. The molecule has 7 heterocycles. The normalized spacial score (nSPS) is 16.4. The predicted octanol–water partition coefficient (Wildman–Crippen LogP) is 21.9. The van der Waals surface area contributed by atoms with Gasteiger partial charge in [0, 0.05) is 106 Å². The number of nitrogens with zero attached hydrogens (tertiary/aromatic N) is 9. The molecule has 0 radical (unpaired) electrons. The van der Waals surface area contributed by atoms with E-state index < -0.39 is 41.2 Å². The molecule has 6 aromatic heterocycles. The van der Waals surface area contributed by atoms with E-state index in [9.17, 15) is 43.1 Å². The fraction of sp³-hybridized carbons (Fsp3) is 0.293. The van der Waals surface area contributed by atoms with E-state index in [1.54, 1.807) is 49.4 Å². The van der Waals surface area contributed by atoms with Gasteiger partial charge in [0.1, 0.15) is 17.1 Å². The van der Waals surface area contributed by atoms with Gasteiger partial charge in [-0.2, -0.15) is 24.1 Å². The highest BCUT2D eigenvalue weighted by molar-refractivity contribution is 6.40. The highest BCUT2D eigenvalue weighted by atomic mass is 35.5. The Balaban J connectivity index is 0.000000142. The van der Waals surface area contributed by atoms with Crippen LogP contribution in [0.4, 0.5) is 14.5 Å². The van der Waals surface area contributed by atoms with Crippen molar-refractivity contribution in [2.24, 2.45) is 16.8 Å². The van der Waals surface area contributed by atoms with Crippen LogP contribution < -0.4 is 44.7 Å². The van der Waals surface area contributed by atoms with Crippen molar-refractivity contribution in [1.29, 1.82) is 5.26 Å². The van der Waals surface area contributed by atoms with Gasteiger partial charge in [0.15, 0.2) is 45.9 Å².